The first-order valence-electron chi connectivity index (χ1n) is 5.81. The number of carbonyl (C=O) groups excluding carboxylic acids is 1. The Balaban J connectivity index is 2.30. The lowest BCUT2D eigenvalue weighted by atomic mass is 9.98. The zero-order valence-corrected chi connectivity index (χ0v) is 10.1. The molecule has 16 heavy (non-hydrogen) atoms. The second kappa shape index (κ2) is 7.18. The van der Waals surface area contributed by atoms with E-state index in [1.54, 1.807) is 7.11 Å². The van der Waals surface area contributed by atoms with Gasteiger partial charge >= 0.3 is 0 Å². The molecule has 1 unspecified atom stereocenters. The van der Waals surface area contributed by atoms with Gasteiger partial charge in [-0.2, -0.15) is 0 Å². The number of rotatable bonds is 7. The van der Waals surface area contributed by atoms with E-state index in [1.807, 2.05) is 30.3 Å². The molecule has 0 amide bonds. The van der Waals surface area contributed by atoms with E-state index in [0.717, 1.165) is 25.0 Å². The molecule has 1 aromatic rings. The van der Waals surface area contributed by atoms with Crippen LogP contribution >= 0.6 is 0 Å². The standard InChI is InChI=1S/C14H20O2/c1-12(10-11-16-2)8-9-14(15)13-6-4-3-5-7-13/h3-7,12H,8-11H2,1-2H3. The molecule has 0 aliphatic carbocycles. The fraction of sp³-hybridized carbons (Fsp3) is 0.500. The summed E-state index contributed by atoms with van der Waals surface area (Å²) in [6, 6.07) is 9.49. The van der Waals surface area contributed by atoms with Gasteiger partial charge in [0, 0.05) is 25.7 Å². The molecule has 0 aliphatic rings. The van der Waals surface area contributed by atoms with Gasteiger partial charge < -0.3 is 4.74 Å². The fourth-order valence-electron chi connectivity index (χ4n) is 1.61. The number of carbonyl (C=O) groups is 1. The van der Waals surface area contributed by atoms with Crippen molar-refractivity contribution < 1.29 is 9.53 Å². The van der Waals surface area contributed by atoms with Gasteiger partial charge in [-0.1, -0.05) is 37.3 Å². The summed E-state index contributed by atoms with van der Waals surface area (Å²) in [7, 11) is 1.71. The third kappa shape index (κ3) is 4.58. The van der Waals surface area contributed by atoms with E-state index in [0.29, 0.717) is 12.3 Å². The van der Waals surface area contributed by atoms with Crippen molar-refractivity contribution in [2.24, 2.45) is 5.92 Å². The molecule has 1 atom stereocenters. The zero-order chi connectivity index (χ0) is 11.8. The van der Waals surface area contributed by atoms with Crippen molar-refractivity contribution in [3.8, 4) is 0 Å². The average Bonchev–Trinajstić information content (AvgIpc) is 2.34. The third-order valence-corrected chi connectivity index (χ3v) is 2.77. The SMILES string of the molecule is COCCC(C)CCC(=O)c1ccccc1. The van der Waals surface area contributed by atoms with Crippen molar-refractivity contribution in [2.45, 2.75) is 26.2 Å². The van der Waals surface area contributed by atoms with Crippen molar-refractivity contribution >= 4 is 5.78 Å². The van der Waals surface area contributed by atoms with Gasteiger partial charge in [0.25, 0.3) is 0 Å². The van der Waals surface area contributed by atoms with Crippen LogP contribution in [0.1, 0.15) is 36.5 Å². The number of ether oxygens (including phenoxy) is 1. The number of benzene rings is 1. The summed E-state index contributed by atoms with van der Waals surface area (Å²) in [6.45, 7) is 2.94. The van der Waals surface area contributed by atoms with Gasteiger partial charge in [0.1, 0.15) is 0 Å². The molecule has 0 aliphatic heterocycles. The van der Waals surface area contributed by atoms with Crippen LogP contribution in [0, 0.1) is 5.92 Å². The van der Waals surface area contributed by atoms with Crippen molar-refractivity contribution in [1.82, 2.24) is 0 Å². The Labute approximate surface area is 97.6 Å². The Hall–Kier alpha value is -1.15. The van der Waals surface area contributed by atoms with E-state index in [1.165, 1.54) is 0 Å². The quantitative estimate of drug-likeness (QED) is 0.659. The predicted molar refractivity (Wildman–Crippen MR) is 65.7 cm³/mol. The minimum atomic E-state index is 0.241. The summed E-state index contributed by atoms with van der Waals surface area (Å²) in [5, 5.41) is 0. The molecule has 0 saturated heterocycles. The van der Waals surface area contributed by atoms with Crippen molar-refractivity contribution in [3.05, 3.63) is 35.9 Å². The maximum absolute atomic E-state index is 11.8. The molecule has 0 heterocycles. The monoisotopic (exact) mass is 220 g/mol. The Bertz CT molecular complexity index is 306. The predicted octanol–water partition coefficient (Wildman–Crippen LogP) is 3.32. The second-order valence-electron chi connectivity index (χ2n) is 4.21. The Morgan fingerprint density at radius 2 is 1.94 bits per heavy atom. The first-order valence-corrected chi connectivity index (χ1v) is 5.81. The molecule has 2 heteroatoms. The molecular weight excluding hydrogens is 200 g/mol. The van der Waals surface area contributed by atoms with Gasteiger partial charge in [0.2, 0.25) is 0 Å². The summed E-state index contributed by atoms with van der Waals surface area (Å²) in [5.74, 6) is 0.789. The number of Topliss-reactive ketones (excluding diaryl/α,β-unsaturated/α-hetero) is 1. The highest BCUT2D eigenvalue weighted by molar-refractivity contribution is 5.95. The van der Waals surface area contributed by atoms with Crippen molar-refractivity contribution in [2.75, 3.05) is 13.7 Å². The molecule has 1 aromatic carbocycles. The molecule has 0 saturated carbocycles. The van der Waals surface area contributed by atoms with E-state index < -0.39 is 0 Å². The Morgan fingerprint density at radius 3 is 2.56 bits per heavy atom. The lowest BCUT2D eigenvalue weighted by molar-refractivity contribution is 0.0970. The van der Waals surface area contributed by atoms with Gasteiger partial charge in [-0.05, 0) is 18.8 Å². The molecule has 0 radical (unpaired) electrons. The highest BCUT2D eigenvalue weighted by Crippen LogP contribution is 2.13. The van der Waals surface area contributed by atoms with E-state index in [4.69, 9.17) is 4.74 Å². The van der Waals surface area contributed by atoms with E-state index in [-0.39, 0.29) is 5.78 Å². The molecule has 0 aromatic heterocycles. The molecule has 88 valence electrons. The first-order chi connectivity index (χ1) is 7.74. The van der Waals surface area contributed by atoms with Crippen LogP contribution in [0.3, 0.4) is 0 Å². The van der Waals surface area contributed by atoms with E-state index >= 15 is 0 Å². The number of ketones is 1. The van der Waals surface area contributed by atoms with Gasteiger partial charge in [-0.25, -0.2) is 0 Å². The average molecular weight is 220 g/mol. The van der Waals surface area contributed by atoms with E-state index in [2.05, 4.69) is 6.92 Å². The van der Waals surface area contributed by atoms with Crippen LogP contribution in [-0.4, -0.2) is 19.5 Å². The molecule has 0 bridgehead atoms. The van der Waals surface area contributed by atoms with Crippen molar-refractivity contribution in [3.63, 3.8) is 0 Å². The summed E-state index contributed by atoms with van der Waals surface area (Å²) in [6.07, 6.45) is 2.60. The molecule has 0 spiro atoms. The molecule has 0 fully saturated rings. The summed E-state index contributed by atoms with van der Waals surface area (Å²) in [4.78, 5) is 11.8. The highest BCUT2D eigenvalue weighted by Gasteiger charge is 2.08. The second-order valence-corrected chi connectivity index (χ2v) is 4.21. The van der Waals surface area contributed by atoms with Crippen LogP contribution in [0.2, 0.25) is 0 Å². The lowest BCUT2D eigenvalue weighted by Crippen LogP contribution is -2.05. The molecular formula is C14H20O2. The van der Waals surface area contributed by atoms with Gasteiger partial charge in [-0.15, -0.1) is 0 Å². The molecule has 0 N–H and O–H groups in total. The maximum Gasteiger partial charge on any atom is 0.162 e. The summed E-state index contributed by atoms with van der Waals surface area (Å²) >= 11 is 0. The minimum absolute atomic E-state index is 0.241. The number of hydrogen-bond acceptors (Lipinski definition) is 2. The smallest absolute Gasteiger partial charge is 0.162 e. The van der Waals surface area contributed by atoms with Crippen molar-refractivity contribution in [1.29, 1.82) is 0 Å². The number of methoxy groups -OCH3 is 1. The van der Waals surface area contributed by atoms with Gasteiger partial charge in [-0.3, -0.25) is 4.79 Å². The normalized spacial score (nSPS) is 12.4. The van der Waals surface area contributed by atoms with Crippen LogP contribution in [0.15, 0.2) is 30.3 Å². The van der Waals surface area contributed by atoms with Crippen LogP contribution in [0.25, 0.3) is 0 Å². The molecule has 1 rings (SSSR count). The van der Waals surface area contributed by atoms with Crippen LogP contribution < -0.4 is 0 Å². The highest BCUT2D eigenvalue weighted by atomic mass is 16.5. The summed E-state index contributed by atoms with van der Waals surface area (Å²) < 4.78 is 5.02. The minimum Gasteiger partial charge on any atom is -0.385 e. The van der Waals surface area contributed by atoms with Crippen LogP contribution in [0.5, 0.6) is 0 Å². The zero-order valence-electron chi connectivity index (χ0n) is 10.1. The number of hydrogen-bond donors (Lipinski definition) is 0. The van der Waals surface area contributed by atoms with Crippen LogP contribution in [-0.2, 0) is 4.74 Å². The van der Waals surface area contributed by atoms with Gasteiger partial charge in [0.05, 0.1) is 0 Å². The lowest BCUT2D eigenvalue weighted by Gasteiger charge is -2.09. The largest absolute Gasteiger partial charge is 0.385 e. The molecule has 2 nitrogen and oxygen atoms in total. The Kier molecular flexibility index (Phi) is 5.79. The fourth-order valence-corrected chi connectivity index (χ4v) is 1.61. The third-order valence-electron chi connectivity index (χ3n) is 2.77. The van der Waals surface area contributed by atoms with Crippen LogP contribution in [0.4, 0.5) is 0 Å². The van der Waals surface area contributed by atoms with Gasteiger partial charge in [0.15, 0.2) is 5.78 Å². The van der Waals surface area contributed by atoms with E-state index in [9.17, 15) is 4.79 Å². The summed E-state index contributed by atoms with van der Waals surface area (Å²) in [5.41, 5.74) is 0.821. The Morgan fingerprint density at radius 1 is 1.25 bits per heavy atom. The topological polar surface area (TPSA) is 26.3 Å². The first kappa shape index (κ1) is 12.9. The maximum atomic E-state index is 11.8.